The first kappa shape index (κ1) is 12.5. The Hall–Kier alpha value is -0.540. The fraction of sp³-hybridized carbons (Fsp3) is 0.364. The molecule has 82 valence electrons. The first-order chi connectivity index (χ1) is 7.15. The molecule has 0 aliphatic carbocycles. The number of carbonyl (C=O) groups is 1. The van der Waals surface area contributed by atoms with Gasteiger partial charge in [-0.2, -0.15) is 0 Å². The Bertz CT molecular complexity index is 352. The lowest BCUT2D eigenvalue weighted by molar-refractivity contribution is 0.0500. The largest absolute Gasteiger partial charge is 0.462 e. The van der Waals surface area contributed by atoms with E-state index < -0.39 is 0 Å². The van der Waals surface area contributed by atoms with Gasteiger partial charge in [-0.15, -0.1) is 0 Å². The number of carbonyl (C=O) groups excluding carboxylic acids is 1. The highest BCUT2D eigenvalue weighted by atomic mass is 79.9. The van der Waals surface area contributed by atoms with E-state index in [0.717, 1.165) is 17.3 Å². The molecular formula is C11H12BrClO2. The summed E-state index contributed by atoms with van der Waals surface area (Å²) < 4.78 is 5.82. The smallest absolute Gasteiger partial charge is 0.338 e. The number of ether oxygens (including phenoxy) is 1. The van der Waals surface area contributed by atoms with Crippen LogP contribution in [0.15, 0.2) is 22.7 Å². The minimum Gasteiger partial charge on any atom is -0.462 e. The molecule has 15 heavy (non-hydrogen) atoms. The van der Waals surface area contributed by atoms with Gasteiger partial charge in [0, 0.05) is 4.47 Å². The molecule has 0 saturated heterocycles. The molecule has 0 radical (unpaired) electrons. The topological polar surface area (TPSA) is 26.3 Å². The summed E-state index contributed by atoms with van der Waals surface area (Å²) in [6.07, 6.45) is 1.89. The molecule has 0 unspecified atom stereocenters. The molecule has 0 amide bonds. The average molecular weight is 292 g/mol. The van der Waals surface area contributed by atoms with Crippen molar-refractivity contribution in [3.05, 3.63) is 33.3 Å². The lowest BCUT2D eigenvalue weighted by Gasteiger charge is -2.04. The quantitative estimate of drug-likeness (QED) is 0.618. The van der Waals surface area contributed by atoms with Gasteiger partial charge in [-0.25, -0.2) is 4.79 Å². The van der Waals surface area contributed by atoms with Crippen molar-refractivity contribution < 1.29 is 9.53 Å². The summed E-state index contributed by atoms with van der Waals surface area (Å²) in [4.78, 5) is 11.5. The highest BCUT2D eigenvalue weighted by molar-refractivity contribution is 9.10. The Labute approximate surface area is 103 Å². The van der Waals surface area contributed by atoms with Crippen LogP contribution in [0.5, 0.6) is 0 Å². The standard InChI is InChI=1S/C11H12BrClO2/c1-2-3-6-15-11(14)8-4-5-9(12)10(13)7-8/h4-5,7H,2-3,6H2,1H3. The van der Waals surface area contributed by atoms with Crippen LogP contribution in [0.3, 0.4) is 0 Å². The van der Waals surface area contributed by atoms with Crippen molar-refractivity contribution in [1.82, 2.24) is 0 Å². The zero-order valence-electron chi connectivity index (χ0n) is 8.43. The first-order valence-electron chi connectivity index (χ1n) is 4.77. The van der Waals surface area contributed by atoms with E-state index in [1.54, 1.807) is 18.2 Å². The van der Waals surface area contributed by atoms with Crippen LogP contribution in [0.4, 0.5) is 0 Å². The third kappa shape index (κ3) is 3.84. The van der Waals surface area contributed by atoms with E-state index in [1.165, 1.54) is 0 Å². The molecular weight excluding hydrogens is 279 g/mol. The number of halogens is 2. The predicted octanol–water partition coefficient (Wildman–Crippen LogP) is 4.06. The van der Waals surface area contributed by atoms with Crippen LogP contribution in [0.1, 0.15) is 30.1 Å². The molecule has 0 spiro atoms. The molecule has 4 heteroatoms. The van der Waals surface area contributed by atoms with Gasteiger partial charge in [0.05, 0.1) is 17.2 Å². The van der Waals surface area contributed by atoms with Crippen molar-refractivity contribution in [3.63, 3.8) is 0 Å². The molecule has 0 N–H and O–H groups in total. The van der Waals surface area contributed by atoms with Crippen LogP contribution in [0.25, 0.3) is 0 Å². The highest BCUT2D eigenvalue weighted by Crippen LogP contribution is 2.23. The maximum atomic E-state index is 11.5. The van der Waals surface area contributed by atoms with Crippen molar-refractivity contribution in [3.8, 4) is 0 Å². The Balaban J connectivity index is 2.62. The Kier molecular flexibility index (Phi) is 5.12. The van der Waals surface area contributed by atoms with Gasteiger partial charge in [-0.1, -0.05) is 24.9 Å². The van der Waals surface area contributed by atoms with E-state index in [2.05, 4.69) is 15.9 Å². The molecule has 0 atom stereocenters. The number of hydrogen-bond acceptors (Lipinski definition) is 2. The minimum atomic E-state index is -0.321. The molecule has 1 aromatic rings. The van der Waals surface area contributed by atoms with Gasteiger partial charge in [0.2, 0.25) is 0 Å². The fourth-order valence-corrected chi connectivity index (χ4v) is 1.44. The molecule has 0 saturated carbocycles. The van der Waals surface area contributed by atoms with Gasteiger partial charge in [0.25, 0.3) is 0 Å². The molecule has 0 aliphatic rings. The van der Waals surface area contributed by atoms with E-state index in [1.807, 2.05) is 6.92 Å². The van der Waals surface area contributed by atoms with Crippen LogP contribution in [-0.4, -0.2) is 12.6 Å². The second-order valence-corrected chi connectivity index (χ2v) is 4.38. The van der Waals surface area contributed by atoms with E-state index >= 15 is 0 Å². The van der Waals surface area contributed by atoms with Crippen LogP contribution in [-0.2, 0) is 4.74 Å². The average Bonchev–Trinajstić information content (AvgIpc) is 2.22. The lowest BCUT2D eigenvalue weighted by Crippen LogP contribution is -2.06. The van der Waals surface area contributed by atoms with Crippen molar-refractivity contribution in [2.45, 2.75) is 19.8 Å². The SMILES string of the molecule is CCCCOC(=O)c1ccc(Br)c(Cl)c1. The van der Waals surface area contributed by atoms with E-state index in [0.29, 0.717) is 17.2 Å². The molecule has 1 aromatic carbocycles. The number of hydrogen-bond donors (Lipinski definition) is 0. The summed E-state index contributed by atoms with van der Waals surface area (Å²) in [6, 6.07) is 5.02. The third-order valence-corrected chi connectivity index (χ3v) is 3.12. The zero-order chi connectivity index (χ0) is 11.3. The van der Waals surface area contributed by atoms with Gasteiger partial charge in [0.1, 0.15) is 0 Å². The van der Waals surface area contributed by atoms with Gasteiger partial charge in [0.15, 0.2) is 0 Å². The van der Waals surface area contributed by atoms with Crippen LogP contribution >= 0.6 is 27.5 Å². The van der Waals surface area contributed by atoms with Crippen molar-refractivity contribution in [2.75, 3.05) is 6.61 Å². The second kappa shape index (κ2) is 6.13. The molecule has 1 rings (SSSR count). The second-order valence-electron chi connectivity index (χ2n) is 3.12. The van der Waals surface area contributed by atoms with Crippen LogP contribution in [0, 0.1) is 0 Å². The first-order valence-corrected chi connectivity index (χ1v) is 5.94. The van der Waals surface area contributed by atoms with Gasteiger partial charge in [-0.05, 0) is 40.5 Å². The van der Waals surface area contributed by atoms with Crippen molar-refractivity contribution in [2.24, 2.45) is 0 Å². The number of unbranched alkanes of at least 4 members (excludes halogenated alkanes) is 1. The summed E-state index contributed by atoms with van der Waals surface area (Å²) in [5.74, 6) is -0.321. The summed E-state index contributed by atoms with van der Waals surface area (Å²) in [7, 11) is 0. The molecule has 0 fully saturated rings. The number of benzene rings is 1. The predicted molar refractivity (Wildman–Crippen MR) is 64.3 cm³/mol. The number of esters is 1. The summed E-state index contributed by atoms with van der Waals surface area (Å²) in [5.41, 5.74) is 0.485. The maximum absolute atomic E-state index is 11.5. The molecule has 0 aliphatic heterocycles. The normalized spacial score (nSPS) is 10.1. The van der Waals surface area contributed by atoms with E-state index in [9.17, 15) is 4.79 Å². The highest BCUT2D eigenvalue weighted by Gasteiger charge is 2.08. The Morgan fingerprint density at radius 1 is 1.53 bits per heavy atom. The molecule has 0 aromatic heterocycles. The Morgan fingerprint density at radius 2 is 2.27 bits per heavy atom. The molecule has 0 bridgehead atoms. The summed E-state index contributed by atoms with van der Waals surface area (Å²) >= 11 is 9.12. The third-order valence-electron chi connectivity index (χ3n) is 1.89. The lowest BCUT2D eigenvalue weighted by atomic mass is 10.2. The van der Waals surface area contributed by atoms with Gasteiger partial charge in [-0.3, -0.25) is 0 Å². The van der Waals surface area contributed by atoms with Crippen molar-refractivity contribution >= 4 is 33.5 Å². The van der Waals surface area contributed by atoms with Crippen molar-refractivity contribution in [1.29, 1.82) is 0 Å². The maximum Gasteiger partial charge on any atom is 0.338 e. The van der Waals surface area contributed by atoms with E-state index in [-0.39, 0.29) is 5.97 Å². The fourth-order valence-electron chi connectivity index (χ4n) is 1.02. The molecule has 0 heterocycles. The number of rotatable bonds is 4. The van der Waals surface area contributed by atoms with Gasteiger partial charge < -0.3 is 4.74 Å². The van der Waals surface area contributed by atoms with Crippen LogP contribution in [0.2, 0.25) is 5.02 Å². The molecule has 2 nitrogen and oxygen atoms in total. The minimum absolute atomic E-state index is 0.321. The van der Waals surface area contributed by atoms with E-state index in [4.69, 9.17) is 16.3 Å². The van der Waals surface area contributed by atoms with Gasteiger partial charge >= 0.3 is 5.97 Å². The zero-order valence-corrected chi connectivity index (χ0v) is 10.8. The summed E-state index contributed by atoms with van der Waals surface area (Å²) in [6.45, 7) is 2.51. The Morgan fingerprint density at radius 3 is 2.87 bits per heavy atom. The van der Waals surface area contributed by atoms with Crippen LogP contribution < -0.4 is 0 Å². The summed E-state index contributed by atoms with van der Waals surface area (Å²) in [5, 5.41) is 0.514. The monoisotopic (exact) mass is 290 g/mol.